The molecule has 7 aliphatic heterocycles. The number of carbonyl (C=O) groups excluding carboxylic acids is 1. The summed E-state index contributed by atoms with van der Waals surface area (Å²) >= 11 is 0. The summed E-state index contributed by atoms with van der Waals surface area (Å²) in [5.41, 5.74) is 2.61. The fourth-order valence-corrected chi connectivity index (χ4v) is 7.64. The molecule has 8 heterocycles. The number of methoxy groups -OCH3 is 2. The number of benzene rings is 2. The Morgan fingerprint density at radius 3 is 2.04 bits per heavy atom. The van der Waals surface area contributed by atoms with E-state index in [0.717, 1.165) is 37.3 Å². The molecule has 0 unspecified atom stereocenters. The van der Waals surface area contributed by atoms with Crippen molar-refractivity contribution in [1.82, 2.24) is 19.6 Å². The predicted octanol–water partition coefficient (Wildman–Crippen LogP) is 3.42. The summed E-state index contributed by atoms with van der Waals surface area (Å²) in [5, 5.41) is 14.3. The van der Waals surface area contributed by atoms with Gasteiger partial charge in [-0.15, -0.1) is 0 Å². The van der Waals surface area contributed by atoms with Crippen LogP contribution in [0.3, 0.4) is 0 Å². The van der Waals surface area contributed by atoms with E-state index in [9.17, 15) is 9.59 Å². The van der Waals surface area contributed by atoms with Crippen LogP contribution in [0, 0.1) is 0 Å². The smallest absolute Gasteiger partial charge is 0.290 e. The van der Waals surface area contributed by atoms with Crippen LogP contribution in [0.4, 0.5) is 0 Å². The van der Waals surface area contributed by atoms with Crippen molar-refractivity contribution >= 4 is 29.7 Å². The van der Waals surface area contributed by atoms with Gasteiger partial charge in [-0.05, 0) is 63.0 Å². The van der Waals surface area contributed by atoms with Gasteiger partial charge in [-0.1, -0.05) is 12.1 Å². The number of carbonyl (C=O) groups is 3. The number of ketones is 1. The van der Waals surface area contributed by atoms with Gasteiger partial charge in [0.1, 0.15) is 40.4 Å². The van der Waals surface area contributed by atoms with Crippen molar-refractivity contribution in [1.29, 1.82) is 0 Å². The lowest BCUT2D eigenvalue weighted by molar-refractivity contribution is -0.123. The Balaban J connectivity index is 0.000000175. The summed E-state index contributed by atoms with van der Waals surface area (Å²) in [4.78, 5) is 52.3. The van der Waals surface area contributed by atoms with E-state index < -0.39 is 0 Å². The SMILES string of the molecule is COc1cccc2c1C(=O)/C(=C/N1CCN3CCC1CC3)CO2.COc1cccc2occ(CN3CCN4CCC3CC4)c(=O)c12.O=CO.O=CO. The third-order valence-corrected chi connectivity index (χ3v) is 10.3. The molecule has 14 nitrogen and oxygen atoms in total. The molecule has 10 rings (SSSR count). The lowest BCUT2D eigenvalue weighted by atomic mass is 9.99. The molecule has 0 saturated carbocycles. The molecule has 7 aliphatic rings. The number of ether oxygens (including phenoxy) is 3. The molecule has 2 aromatic carbocycles. The summed E-state index contributed by atoms with van der Waals surface area (Å²) in [7, 11) is 3.17. The maximum Gasteiger partial charge on any atom is 0.290 e. The minimum absolute atomic E-state index is 0.0304. The molecule has 6 fully saturated rings. The number of hydrogen-bond donors (Lipinski definition) is 2. The van der Waals surface area contributed by atoms with Gasteiger partial charge >= 0.3 is 0 Å². The predicted molar refractivity (Wildman–Crippen MR) is 193 cm³/mol. The largest absolute Gasteiger partial charge is 0.496 e. The molecule has 3 aromatic rings. The van der Waals surface area contributed by atoms with Gasteiger partial charge in [0.2, 0.25) is 11.2 Å². The van der Waals surface area contributed by atoms with E-state index >= 15 is 0 Å². The third-order valence-electron chi connectivity index (χ3n) is 10.3. The monoisotopic (exact) mass is 720 g/mol. The van der Waals surface area contributed by atoms with Crippen molar-refractivity contribution in [3.05, 3.63) is 75.8 Å². The molecule has 4 bridgehead atoms. The van der Waals surface area contributed by atoms with Crippen molar-refractivity contribution in [2.75, 3.05) is 73.2 Å². The van der Waals surface area contributed by atoms with Gasteiger partial charge in [-0.3, -0.25) is 24.1 Å². The van der Waals surface area contributed by atoms with Crippen LogP contribution in [0.15, 0.2) is 63.6 Å². The molecule has 14 heteroatoms. The normalized spacial score (nSPS) is 23.9. The van der Waals surface area contributed by atoms with E-state index in [0.29, 0.717) is 59.0 Å². The average Bonchev–Trinajstić information content (AvgIpc) is 3.66. The van der Waals surface area contributed by atoms with Crippen molar-refractivity contribution in [2.24, 2.45) is 0 Å². The van der Waals surface area contributed by atoms with Gasteiger partial charge in [0.25, 0.3) is 12.9 Å². The first-order valence-corrected chi connectivity index (χ1v) is 17.6. The number of carboxylic acid groups (broad SMARTS) is 2. The van der Waals surface area contributed by atoms with Crippen molar-refractivity contribution in [2.45, 2.75) is 44.3 Å². The van der Waals surface area contributed by atoms with Gasteiger partial charge in [-0.25, -0.2) is 0 Å². The van der Waals surface area contributed by atoms with E-state index in [2.05, 4.69) is 19.6 Å². The number of rotatable bonds is 5. The Hall–Kier alpha value is -4.92. The summed E-state index contributed by atoms with van der Waals surface area (Å²) in [6.07, 6.45) is 8.42. The molecule has 0 aliphatic carbocycles. The Morgan fingerprint density at radius 2 is 1.38 bits per heavy atom. The molecule has 0 atom stereocenters. The Labute approximate surface area is 302 Å². The third kappa shape index (κ3) is 8.92. The summed E-state index contributed by atoms with van der Waals surface area (Å²) in [5.74, 6) is 1.82. The van der Waals surface area contributed by atoms with E-state index in [1.54, 1.807) is 20.5 Å². The fourth-order valence-electron chi connectivity index (χ4n) is 7.64. The highest BCUT2D eigenvalue weighted by Gasteiger charge is 2.32. The molecule has 52 heavy (non-hydrogen) atoms. The van der Waals surface area contributed by atoms with Crippen LogP contribution < -0.4 is 19.6 Å². The van der Waals surface area contributed by atoms with Gasteiger partial charge in [0.05, 0.1) is 26.1 Å². The highest BCUT2D eigenvalue weighted by molar-refractivity contribution is 6.13. The topological polar surface area (TPSA) is 163 Å². The fraction of sp³-hybridized carbons (Fsp3) is 0.474. The number of hydrogen-bond acceptors (Lipinski definition) is 12. The zero-order valence-corrected chi connectivity index (χ0v) is 29.8. The van der Waals surface area contributed by atoms with Crippen LogP contribution in [-0.4, -0.2) is 134 Å². The zero-order valence-electron chi connectivity index (χ0n) is 29.8. The van der Waals surface area contributed by atoms with Crippen LogP contribution in [-0.2, 0) is 16.1 Å². The molecule has 6 saturated heterocycles. The van der Waals surface area contributed by atoms with E-state index in [4.69, 9.17) is 38.4 Å². The maximum absolute atomic E-state index is 12.9. The van der Waals surface area contributed by atoms with Crippen molar-refractivity contribution in [3.8, 4) is 17.2 Å². The second-order valence-corrected chi connectivity index (χ2v) is 13.1. The summed E-state index contributed by atoms with van der Waals surface area (Å²) < 4.78 is 22.2. The first-order valence-electron chi connectivity index (χ1n) is 17.6. The number of piperidine rings is 2. The van der Waals surface area contributed by atoms with E-state index in [-0.39, 0.29) is 24.2 Å². The maximum atomic E-state index is 12.9. The minimum Gasteiger partial charge on any atom is -0.496 e. The van der Waals surface area contributed by atoms with E-state index in [1.165, 1.54) is 51.9 Å². The molecule has 2 N–H and O–H groups in total. The van der Waals surface area contributed by atoms with E-state index in [1.807, 2.05) is 42.6 Å². The zero-order chi connectivity index (χ0) is 37.0. The standard InChI is InChI=1S/2C18H22N2O3.2CH2O2/c2*1-22-15-3-2-4-16-17(15)18(21)13(12-23-16)11-20-10-9-19-7-5-14(20)6-8-19;2*2-1-3/h2-4,12,14H,5-11H2,1H3;2-4,11,14H,5-10,12H2,1H3;2*1H,(H,2,3)/b;13-11+;;. The quantitative estimate of drug-likeness (QED) is 0.291. The molecular formula is C38H48N4O10. The van der Waals surface area contributed by atoms with Crippen LogP contribution in [0.5, 0.6) is 17.2 Å². The second kappa shape index (κ2) is 18.5. The van der Waals surface area contributed by atoms with Crippen LogP contribution >= 0.6 is 0 Å². The highest BCUT2D eigenvalue weighted by atomic mass is 16.5. The number of Topliss-reactive ketones (excluding diaryl/α,β-unsaturated/α-hetero) is 1. The summed E-state index contributed by atoms with van der Waals surface area (Å²) in [6, 6.07) is 12.1. The molecule has 1 aromatic heterocycles. The number of fused-ring (bicyclic) bond motifs is 10. The van der Waals surface area contributed by atoms with Crippen molar-refractivity contribution in [3.63, 3.8) is 0 Å². The molecular weight excluding hydrogens is 672 g/mol. The average molecular weight is 721 g/mol. The van der Waals surface area contributed by atoms with Crippen LogP contribution in [0.2, 0.25) is 0 Å². The first kappa shape index (κ1) is 38.3. The first-order chi connectivity index (χ1) is 25.3. The lowest BCUT2D eigenvalue weighted by Crippen LogP contribution is -2.38. The Kier molecular flexibility index (Phi) is 13.7. The van der Waals surface area contributed by atoms with Gasteiger partial charge in [0, 0.05) is 69.7 Å². The summed E-state index contributed by atoms with van der Waals surface area (Å²) in [6.45, 7) is 9.39. The second-order valence-electron chi connectivity index (χ2n) is 13.1. The Morgan fingerprint density at radius 1 is 0.788 bits per heavy atom. The Bertz CT molecular complexity index is 1740. The molecule has 0 amide bonds. The highest BCUT2D eigenvalue weighted by Crippen LogP contribution is 2.35. The molecule has 0 radical (unpaired) electrons. The van der Waals surface area contributed by atoms with Crippen LogP contribution in [0.25, 0.3) is 11.0 Å². The lowest BCUT2D eigenvalue weighted by Gasteiger charge is -2.31. The minimum atomic E-state index is -0.250. The number of nitrogens with zero attached hydrogens (tertiary/aromatic N) is 4. The van der Waals surface area contributed by atoms with Gasteiger partial charge < -0.3 is 43.5 Å². The van der Waals surface area contributed by atoms with Crippen LogP contribution in [0.1, 0.15) is 41.6 Å². The molecule has 0 spiro atoms. The molecule has 280 valence electrons. The van der Waals surface area contributed by atoms with Crippen molar-refractivity contribution < 1.29 is 43.2 Å². The van der Waals surface area contributed by atoms with Gasteiger partial charge in [0.15, 0.2) is 0 Å². The van der Waals surface area contributed by atoms with Gasteiger partial charge in [-0.2, -0.15) is 0 Å².